The molecule has 1 heterocycles. The lowest BCUT2D eigenvalue weighted by Gasteiger charge is -2.14. The van der Waals surface area contributed by atoms with Crippen LogP contribution in [-0.4, -0.2) is 21.1 Å². The van der Waals surface area contributed by atoms with Gasteiger partial charge < -0.3 is 15.8 Å². The smallest absolute Gasteiger partial charge is 0.137 e. The molecule has 4 N–H and O–H groups in total. The predicted molar refractivity (Wildman–Crippen MR) is 62.6 cm³/mol. The molecule has 1 aromatic heterocycles. The van der Waals surface area contributed by atoms with Gasteiger partial charge in [0.2, 0.25) is 0 Å². The average molecular weight is 217 g/mol. The van der Waals surface area contributed by atoms with Gasteiger partial charge in [0.05, 0.1) is 6.10 Å². The van der Waals surface area contributed by atoms with Gasteiger partial charge in [0, 0.05) is 24.0 Å². The Balaban J connectivity index is 2.23. The van der Waals surface area contributed by atoms with E-state index in [1.165, 1.54) is 0 Å². The van der Waals surface area contributed by atoms with E-state index in [2.05, 4.69) is 9.97 Å². The summed E-state index contributed by atoms with van der Waals surface area (Å²) >= 11 is 0. The Morgan fingerprint density at radius 2 is 2.00 bits per heavy atom. The minimum atomic E-state index is -0.620. The first kappa shape index (κ1) is 10.9. The highest BCUT2D eigenvalue weighted by molar-refractivity contribution is 5.55. The number of hydrogen-bond donors (Lipinski definition) is 3. The molecule has 0 spiro atoms. The van der Waals surface area contributed by atoms with Gasteiger partial charge in [0.1, 0.15) is 5.82 Å². The molecular weight excluding hydrogens is 202 g/mol. The third-order valence-corrected chi connectivity index (χ3v) is 2.52. The summed E-state index contributed by atoms with van der Waals surface area (Å²) in [7, 11) is 0. The van der Waals surface area contributed by atoms with Gasteiger partial charge in [-0.25, -0.2) is 4.98 Å². The number of aromatic amines is 1. The van der Waals surface area contributed by atoms with E-state index < -0.39 is 6.10 Å². The second kappa shape index (κ2) is 4.47. The van der Waals surface area contributed by atoms with Crippen LogP contribution in [0.1, 0.15) is 18.6 Å². The maximum absolute atomic E-state index is 9.77. The first-order valence-corrected chi connectivity index (χ1v) is 5.22. The number of hydrogen-bond acceptors (Lipinski definition) is 3. The van der Waals surface area contributed by atoms with Crippen LogP contribution < -0.4 is 5.73 Å². The number of benzene rings is 1. The highest BCUT2D eigenvalue weighted by Gasteiger charge is 2.12. The summed E-state index contributed by atoms with van der Waals surface area (Å²) in [5, 5.41) is 9.77. The van der Waals surface area contributed by atoms with Crippen molar-refractivity contribution >= 4 is 0 Å². The first-order chi connectivity index (χ1) is 7.68. The van der Waals surface area contributed by atoms with Crippen LogP contribution in [0.25, 0.3) is 11.4 Å². The van der Waals surface area contributed by atoms with Crippen molar-refractivity contribution in [2.45, 2.75) is 19.1 Å². The van der Waals surface area contributed by atoms with Crippen LogP contribution in [-0.2, 0) is 0 Å². The van der Waals surface area contributed by atoms with Crippen LogP contribution in [0.4, 0.5) is 0 Å². The fourth-order valence-electron chi connectivity index (χ4n) is 1.56. The molecule has 4 heteroatoms. The molecule has 2 aromatic rings. The van der Waals surface area contributed by atoms with Crippen molar-refractivity contribution in [1.29, 1.82) is 0 Å². The normalized spacial score (nSPS) is 14.7. The number of nitrogens with one attached hydrogen (secondary N) is 1. The zero-order valence-corrected chi connectivity index (χ0v) is 9.09. The van der Waals surface area contributed by atoms with E-state index in [9.17, 15) is 5.11 Å². The molecule has 0 aliphatic carbocycles. The van der Waals surface area contributed by atoms with Crippen LogP contribution in [0.3, 0.4) is 0 Å². The molecular formula is C12H15N3O. The van der Waals surface area contributed by atoms with Crippen LogP contribution >= 0.6 is 0 Å². The van der Waals surface area contributed by atoms with Crippen molar-refractivity contribution in [2.24, 2.45) is 5.73 Å². The van der Waals surface area contributed by atoms with E-state index in [4.69, 9.17) is 5.73 Å². The highest BCUT2D eigenvalue weighted by Crippen LogP contribution is 2.20. The number of H-pyrrole nitrogens is 1. The number of aliphatic hydroxyl groups is 1. The zero-order valence-electron chi connectivity index (χ0n) is 9.09. The van der Waals surface area contributed by atoms with Crippen molar-refractivity contribution in [3.8, 4) is 11.4 Å². The van der Waals surface area contributed by atoms with E-state index in [1.54, 1.807) is 19.3 Å². The van der Waals surface area contributed by atoms with E-state index in [0.29, 0.717) is 0 Å². The van der Waals surface area contributed by atoms with Crippen molar-refractivity contribution in [2.75, 3.05) is 0 Å². The van der Waals surface area contributed by atoms with Crippen molar-refractivity contribution < 1.29 is 5.11 Å². The standard InChI is InChI=1S/C12H15N3O/c1-8(13)11(16)9-2-4-10(5-3-9)12-14-6-7-15-12/h2-8,11,16H,13H2,1H3,(H,14,15). The zero-order chi connectivity index (χ0) is 11.5. The molecule has 4 nitrogen and oxygen atoms in total. The topological polar surface area (TPSA) is 74.9 Å². The molecule has 0 radical (unpaired) electrons. The summed E-state index contributed by atoms with van der Waals surface area (Å²) in [6.07, 6.45) is 2.87. The Hall–Kier alpha value is -1.65. The van der Waals surface area contributed by atoms with Crippen LogP contribution in [0.5, 0.6) is 0 Å². The first-order valence-electron chi connectivity index (χ1n) is 5.22. The predicted octanol–water partition coefficient (Wildman–Crippen LogP) is 1.46. The molecule has 0 bridgehead atoms. The second-order valence-electron chi connectivity index (χ2n) is 3.86. The lowest BCUT2D eigenvalue weighted by molar-refractivity contribution is 0.153. The molecule has 2 atom stereocenters. The van der Waals surface area contributed by atoms with Gasteiger partial charge >= 0.3 is 0 Å². The fraction of sp³-hybridized carbons (Fsp3) is 0.250. The number of imidazole rings is 1. The quantitative estimate of drug-likeness (QED) is 0.728. The van der Waals surface area contributed by atoms with Gasteiger partial charge in [-0.2, -0.15) is 0 Å². The van der Waals surface area contributed by atoms with E-state index in [-0.39, 0.29) is 6.04 Å². The fourth-order valence-corrected chi connectivity index (χ4v) is 1.56. The van der Waals surface area contributed by atoms with Crippen molar-refractivity contribution in [3.63, 3.8) is 0 Å². The number of aromatic nitrogens is 2. The molecule has 0 saturated heterocycles. The molecule has 0 aliphatic rings. The third kappa shape index (κ3) is 2.13. The number of rotatable bonds is 3. The molecule has 16 heavy (non-hydrogen) atoms. The number of aliphatic hydroxyl groups excluding tert-OH is 1. The van der Waals surface area contributed by atoms with Gasteiger partial charge in [0.25, 0.3) is 0 Å². The largest absolute Gasteiger partial charge is 0.387 e. The summed E-state index contributed by atoms with van der Waals surface area (Å²) in [5.41, 5.74) is 7.45. The van der Waals surface area contributed by atoms with Crippen LogP contribution in [0.15, 0.2) is 36.7 Å². The Labute approximate surface area is 94.1 Å². The summed E-state index contributed by atoms with van der Waals surface area (Å²) in [4.78, 5) is 7.18. The van der Waals surface area contributed by atoms with Gasteiger partial charge in [0.15, 0.2) is 0 Å². The van der Waals surface area contributed by atoms with E-state index in [1.807, 2.05) is 24.3 Å². The maximum atomic E-state index is 9.77. The van der Waals surface area contributed by atoms with Crippen LogP contribution in [0, 0.1) is 0 Å². The Morgan fingerprint density at radius 3 is 2.50 bits per heavy atom. The van der Waals surface area contributed by atoms with Gasteiger partial charge in [-0.3, -0.25) is 0 Å². The van der Waals surface area contributed by atoms with Crippen LogP contribution in [0.2, 0.25) is 0 Å². The Kier molecular flexibility index (Phi) is 3.03. The van der Waals surface area contributed by atoms with E-state index >= 15 is 0 Å². The molecule has 0 fully saturated rings. The third-order valence-electron chi connectivity index (χ3n) is 2.52. The summed E-state index contributed by atoms with van der Waals surface area (Å²) < 4.78 is 0. The van der Waals surface area contributed by atoms with E-state index in [0.717, 1.165) is 17.0 Å². The van der Waals surface area contributed by atoms with Gasteiger partial charge in [-0.1, -0.05) is 24.3 Å². The maximum Gasteiger partial charge on any atom is 0.137 e. The molecule has 2 rings (SSSR count). The van der Waals surface area contributed by atoms with Crippen molar-refractivity contribution in [1.82, 2.24) is 9.97 Å². The molecule has 0 aliphatic heterocycles. The Bertz CT molecular complexity index is 434. The average Bonchev–Trinajstić information content (AvgIpc) is 2.81. The lowest BCUT2D eigenvalue weighted by Crippen LogP contribution is -2.24. The summed E-state index contributed by atoms with van der Waals surface area (Å²) in [5.74, 6) is 0.821. The Morgan fingerprint density at radius 1 is 1.31 bits per heavy atom. The molecule has 2 unspecified atom stereocenters. The number of nitrogens with two attached hydrogens (primary N) is 1. The minimum Gasteiger partial charge on any atom is -0.387 e. The second-order valence-corrected chi connectivity index (χ2v) is 3.86. The highest BCUT2D eigenvalue weighted by atomic mass is 16.3. The summed E-state index contributed by atoms with van der Waals surface area (Å²) in [6.45, 7) is 1.78. The molecule has 1 aromatic carbocycles. The van der Waals surface area contributed by atoms with Gasteiger partial charge in [-0.05, 0) is 12.5 Å². The SMILES string of the molecule is CC(N)C(O)c1ccc(-c2ncc[nH]2)cc1. The van der Waals surface area contributed by atoms with Crippen molar-refractivity contribution in [3.05, 3.63) is 42.2 Å². The molecule has 0 amide bonds. The van der Waals surface area contributed by atoms with Gasteiger partial charge in [-0.15, -0.1) is 0 Å². The monoisotopic (exact) mass is 217 g/mol. The molecule has 84 valence electrons. The lowest BCUT2D eigenvalue weighted by atomic mass is 10.0. The minimum absolute atomic E-state index is 0.269. The molecule has 0 saturated carbocycles. The summed E-state index contributed by atoms with van der Waals surface area (Å²) in [6, 6.07) is 7.30. The number of nitrogens with zero attached hydrogens (tertiary/aromatic N) is 1.